The Hall–Kier alpha value is -0.580. The van der Waals surface area contributed by atoms with Crippen molar-refractivity contribution in [2.45, 2.75) is 16.7 Å². The zero-order valence-corrected chi connectivity index (χ0v) is 11.0. The number of benzene rings is 1. The Morgan fingerprint density at radius 2 is 2.00 bits per heavy atom. The van der Waals surface area contributed by atoms with Crippen molar-refractivity contribution in [2.75, 3.05) is 0 Å². The minimum atomic E-state index is -2.68. The van der Waals surface area contributed by atoms with Gasteiger partial charge in [0, 0.05) is 16.5 Å². The molecule has 7 heteroatoms. The molecule has 0 heterocycles. The van der Waals surface area contributed by atoms with Gasteiger partial charge in [-0.3, -0.25) is 4.79 Å². The third kappa shape index (κ3) is 2.17. The second-order valence-electron chi connectivity index (χ2n) is 4.05. The van der Waals surface area contributed by atoms with Crippen LogP contribution in [0.25, 0.3) is 0 Å². The Bertz CT molecular complexity index is 505. The lowest BCUT2D eigenvalue weighted by Crippen LogP contribution is -2.03. The van der Waals surface area contributed by atoms with E-state index in [0.29, 0.717) is 5.56 Å². The lowest BCUT2D eigenvalue weighted by atomic mass is 10.1. The van der Waals surface area contributed by atoms with Crippen LogP contribution in [0.4, 0.5) is 8.78 Å². The van der Waals surface area contributed by atoms with E-state index >= 15 is 0 Å². The monoisotopic (exact) mass is 314 g/mol. The zero-order chi connectivity index (χ0) is 13.7. The van der Waals surface area contributed by atoms with Gasteiger partial charge in [0.05, 0.1) is 5.92 Å². The van der Waals surface area contributed by atoms with Crippen LogP contribution in [0.1, 0.15) is 23.5 Å². The van der Waals surface area contributed by atoms with E-state index in [-0.39, 0.29) is 10.6 Å². The first-order valence-electron chi connectivity index (χ1n) is 4.95. The van der Waals surface area contributed by atoms with E-state index < -0.39 is 28.6 Å². The van der Waals surface area contributed by atoms with Crippen molar-refractivity contribution in [3.63, 3.8) is 0 Å². The van der Waals surface area contributed by atoms with Crippen molar-refractivity contribution in [1.29, 1.82) is 0 Å². The number of rotatable bonds is 3. The van der Waals surface area contributed by atoms with Gasteiger partial charge in [-0.2, -0.15) is 0 Å². The first-order chi connectivity index (χ1) is 8.26. The van der Waals surface area contributed by atoms with E-state index in [0.717, 1.165) is 6.07 Å². The average Bonchev–Trinajstić information content (AvgIpc) is 2.81. The Morgan fingerprint density at radius 1 is 1.39 bits per heavy atom. The molecule has 2 nitrogen and oxygen atoms in total. The summed E-state index contributed by atoms with van der Waals surface area (Å²) < 4.78 is 23.6. The molecule has 2 atom stereocenters. The summed E-state index contributed by atoms with van der Waals surface area (Å²) in [6.45, 7) is 0. The zero-order valence-electron chi connectivity index (χ0n) is 8.71. The Labute approximate surface area is 116 Å². The van der Waals surface area contributed by atoms with E-state index in [1.165, 1.54) is 12.1 Å². The van der Waals surface area contributed by atoms with Gasteiger partial charge in [0.1, 0.15) is 4.33 Å². The van der Waals surface area contributed by atoms with Crippen LogP contribution in [-0.4, -0.2) is 15.4 Å². The largest absolute Gasteiger partial charge is 0.481 e. The lowest BCUT2D eigenvalue weighted by Gasteiger charge is -2.06. The van der Waals surface area contributed by atoms with Crippen LogP contribution in [0.15, 0.2) is 18.2 Å². The summed E-state index contributed by atoms with van der Waals surface area (Å²) in [5, 5.41) is 8.79. The average molecular weight is 316 g/mol. The molecule has 1 saturated carbocycles. The number of aliphatic carboxylic acids is 1. The molecule has 1 fully saturated rings. The van der Waals surface area contributed by atoms with E-state index in [1.807, 2.05) is 0 Å². The minimum Gasteiger partial charge on any atom is -0.481 e. The fraction of sp³-hybridized carbons (Fsp3) is 0.364. The maximum atomic E-state index is 12.5. The normalized spacial score (nSPS) is 25.2. The molecule has 0 radical (unpaired) electrons. The standard InChI is InChI=1S/C11H7Cl3F2O2/c12-6-3-4(1-2-5(6)9(15)16)7-8(10(17)18)11(7,13)14/h1-3,7-9H,(H,17,18)/t7-,8+/m1/s1. The molecule has 1 N–H and O–H groups in total. The van der Waals surface area contributed by atoms with Crippen molar-refractivity contribution in [3.05, 3.63) is 34.3 Å². The van der Waals surface area contributed by atoms with Crippen molar-refractivity contribution < 1.29 is 18.7 Å². The van der Waals surface area contributed by atoms with E-state index in [2.05, 4.69) is 0 Å². The summed E-state index contributed by atoms with van der Waals surface area (Å²) in [5.41, 5.74) is 0.143. The molecule has 1 aliphatic rings. The second-order valence-corrected chi connectivity index (χ2v) is 5.90. The van der Waals surface area contributed by atoms with Crippen LogP contribution in [-0.2, 0) is 4.79 Å². The molecule has 0 saturated heterocycles. The fourth-order valence-corrected chi connectivity index (χ4v) is 3.05. The number of carboxylic acids is 1. The molecule has 0 aromatic heterocycles. The van der Waals surface area contributed by atoms with Gasteiger partial charge < -0.3 is 5.11 Å². The SMILES string of the molecule is O=C(O)[C@@H]1[C@@H](c2ccc(C(F)F)c(Cl)c2)C1(Cl)Cl. The predicted molar refractivity (Wildman–Crippen MR) is 64.7 cm³/mol. The van der Waals surface area contributed by atoms with Gasteiger partial charge in [-0.25, -0.2) is 8.78 Å². The molecule has 18 heavy (non-hydrogen) atoms. The van der Waals surface area contributed by atoms with Crippen LogP contribution in [0.3, 0.4) is 0 Å². The summed E-state index contributed by atoms with van der Waals surface area (Å²) >= 11 is 17.4. The number of hydrogen-bond donors (Lipinski definition) is 1. The molecule has 0 bridgehead atoms. The molecule has 0 amide bonds. The summed E-state index contributed by atoms with van der Waals surface area (Å²) in [6.07, 6.45) is -2.68. The third-order valence-corrected chi connectivity index (χ3v) is 4.21. The molecule has 1 aromatic rings. The molecule has 0 aliphatic heterocycles. The van der Waals surface area contributed by atoms with Gasteiger partial charge in [0.15, 0.2) is 0 Å². The van der Waals surface area contributed by atoms with Crippen LogP contribution in [0.2, 0.25) is 5.02 Å². The van der Waals surface area contributed by atoms with Gasteiger partial charge in [-0.15, -0.1) is 0 Å². The number of carbonyl (C=O) groups is 1. The topological polar surface area (TPSA) is 37.3 Å². The Morgan fingerprint density at radius 3 is 2.39 bits per heavy atom. The predicted octanol–water partition coefficient (Wildman–Crippen LogP) is 4.25. The van der Waals surface area contributed by atoms with Gasteiger partial charge >= 0.3 is 5.97 Å². The molecule has 0 unspecified atom stereocenters. The number of alkyl halides is 4. The molecule has 1 aliphatic carbocycles. The molecular formula is C11H7Cl3F2O2. The summed E-state index contributed by atoms with van der Waals surface area (Å²) in [4.78, 5) is 10.9. The smallest absolute Gasteiger partial charge is 0.310 e. The van der Waals surface area contributed by atoms with Gasteiger partial charge in [0.2, 0.25) is 0 Å². The molecule has 0 spiro atoms. The van der Waals surface area contributed by atoms with Crippen molar-refractivity contribution >= 4 is 40.8 Å². The van der Waals surface area contributed by atoms with Crippen molar-refractivity contribution in [3.8, 4) is 0 Å². The van der Waals surface area contributed by atoms with Gasteiger partial charge in [-0.05, 0) is 11.6 Å². The molecule has 1 aromatic carbocycles. The Kier molecular flexibility index (Phi) is 3.47. The van der Waals surface area contributed by atoms with Crippen LogP contribution < -0.4 is 0 Å². The second kappa shape index (κ2) is 4.51. The maximum absolute atomic E-state index is 12.5. The minimum absolute atomic E-state index is 0.123. The Balaban J connectivity index is 2.32. The highest BCUT2D eigenvalue weighted by atomic mass is 35.5. The quantitative estimate of drug-likeness (QED) is 0.847. The first-order valence-corrected chi connectivity index (χ1v) is 6.08. The lowest BCUT2D eigenvalue weighted by molar-refractivity contribution is -0.138. The van der Waals surface area contributed by atoms with E-state index in [4.69, 9.17) is 39.9 Å². The fourth-order valence-electron chi connectivity index (χ4n) is 1.96. The summed E-state index contributed by atoms with van der Waals surface area (Å²) in [6, 6.07) is 3.82. The first kappa shape index (κ1) is 13.8. The maximum Gasteiger partial charge on any atom is 0.310 e. The highest BCUT2D eigenvalue weighted by Gasteiger charge is 2.68. The van der Waals surface area contributed by atoms with Crippen LogP contribution in [0.5, 0.6) is 0 Å². The van der Waals surface area contributed by atoms with Gasteiger partial charge in [-0.1, -0.05) is 46.9 Å². The number of halogens is 5. The van der Waals surface area contributed by atoms with Crippen molar-refractivity contribution in [1.82, 2.24) is 0 Å². The molecular weight excluding hydrogens is 308 g/mol. The highest BCUT2D eigenvalue weighted by molar-refractivity contribution is 6.53. The van der Waals surface area contributed by atoms with Crippen LogP contribution in [0, 0.1) is 5.92 Å². The molecule has 2 rings (SSSR count). The van der Waals surface area contributed by atoms with E-state index in [9.17, 15) is 13.6 Å². The van der Waals surface area contributed by atoms with Crippen molar-refractivity contribution in [2.24, 2.45) is 5.92 Å². The molecule has 98 valence electrons. The number of carboxylic acid groups (broad SMARTS) is 1. The van der Waals surface area contributed by atoms with Crippen LogP contribution >= 0.6 is 34.8 Å². The van der Waals surface area contributed by atoms with Gasteiger partial charge in [0.25, 0.3) is 6.43 Å². The number of hydrogen-bond acceptors (Lipinski definition) is 1. The summed E-state index contributed by atoms with van der Waals surface area (Å²) in [7, 11) is 0. The third-order valence-electron chi connectivity index (χ3n) is 2.94. The summed E-state index contributed by atoms with van der Waals surface area (Å²) in [5.74, 6) is -2.71. The van der Waals surface area contributed by atoms with E-state index in [1.54, 1.807) is 0 Å². The highest BCUT2D eigenvalue weighted by Crippen LogP contribution is 2.65.